The third kappa shape index (κ3) is 1.26. The molecule has 1 heterocycles. The Morgan fingerprint density at radius 2 is 1.60 bits per heavy atom. The summed E-state index contributed by atoms with van der Waals surface area (Å²) >= 11 is 0. The Kier molecular flexibility index (Phi) is 1.66. The lowest BCUT2D eigenvalue weighted by molar-refractivity contribution is 0.398. The maximum Gasteiger partial charge on any atom is 0.225 e. The minimum absolute atomic E-state index is 0.163. The monoisotopic (exact) mass is 205 g/mol. The fourth-order valence-corrected chi connectivity index (χ4v) is 3.15. The van der Waals surface area contributed by atoms with Crippen molar-refractivity contribution in [2.45, 2.75) is 37.5 Å². The Bertz CT molecular complexity index is 375. The molecule has 0 spiro atoms. The maximum atomic E-state index is 5.61. The van der Waals surface area contributed by atoms with E-state index in [1.165, 1.54) is 32.1 Å². The van der Waals surface area contributed by atoms with Gasteiger partial charge in [-0.1, -0.05) is 0 Å². The molecule has 5 nitrogen and oxygen atoms in total. The van der Waals surface area contributed by atoms with Crippen molar-refractivity contribution < 1.29 is 0 Å². The summed E-state index contributed by atoms with van der Waals surface area (Å²) in [4.78, 5) is 12.3. The molecule has 15 heavy (non-hydrogen) atoms. The number of fused-ring (bicyclic) bond motifs is 2. The minimum Gasteiger partial charge on any atom is -0.368 e. The van der Waals surface area contributed by atoms with Gasteiger partial charge in [0.05, 0.1) is 0 Å². The fraction of sp³-hybridized carbons (Fsp3) is 0.700. The molecule has 4 N–H and O–H groups in total. The van der Waals surface area contributed by atoms with E-state index in [0.29, 0.717) is 0 Å². The van der Waals surface area contributed by atoms with Gasteiger partial charge in [0.2, 0.25) is 11.9 Å². The van der Waals surface area contributed by atoms with E-state index in [4.69, 9.17) is 11.5 Å². The number of hydrogen-bond acceptors (Lipinski definition) is 5. The third-order valence-corrected chi connectivity index (χ3v) is 3.89. The highest BCUT2D eigenvalue weighted by molar-refractivity contribution is 5.30. The van der Waals surface area contributed by atoms with E-state index in [2.05, 4.69) is 15.0 Å². The Morgan fingerprint density at radius 3 is 2.07 bits per heavy atom. The van der Waals surface area contributed by atoms with Crippen LogP contribution < -0.4 is 11.5 Å². The molecule has 0 saturated heterocycles. The summed E-state index contributed by atoms with van der Waals surface area (Å²) in [5.41, 5.74) is 11.4. The van der Waals surface area contributed by atoms with Crippen LogP contribution in [0.25, 0.3) is 0 Å². The van der Waals surface area contributed by atoms with Crippen LogP contribution >= 0.6 is 0 Å². The molecule has 2 saturated carbocycles. The van der Waals surface area contributed by atoms with Crippen molar-refractivity contribution in [3.05, 3.63) is 5.82 Å². The molecule has 0 radical (unpaired) electrons. The van der Waals surface area contributed by atoms with Crippen LogP contribution in [0.4, 0.5) is 11.9 Å². The molecule has 80 valence electrons. The van der Waals surface area contributed by atoms with Gasteiger partial charge in [0, 0.05) is 5.41 Å². The second kappa shape index (κ2) is 2.81. The van der Waals surface area contributed by atoms with Gasteiger partial charge in [-0.15, -0.1) is 0 Å². The number of rotatable bonds is 1. The van der Waals surface area contributed by atoms with Crippen molar-refractivity contribution in [3.63, 3.8) is 0 Å². The summed E-state index contributed by atoms with van der Waals surface area (Å²) in [6.45, 7) is 0. The highest BCUT2D eigenvalue weighted by Crippen LogP contribution is 2.54. The average molecular weight is 205 g/mol. The molecule has 0 amide bonds. The van der Waals surface area contributed by atoms with Gasteiger partial charge in [-0.2, -0.15) is 15.0 Å². The first kappa shape index (κ1) is 8.88. The number of hydrogen-bond donors (Lipinski definition) is 2. The molecule has 2 bridgehead atoms. The molecule has 0 aliphatic heterocycles. The normalized spacial score (nSPS) is 33.5. The quantitative estimate of drug-likeness (QED) is 0.709. The van der Waals surface area contributed by atoms with Gasteiger partial charge >= 0.3 is 0 Å². The fourth-order valence-electron chi connectivity index (χ4n) is 3.15. The molecule has 0 atom stereocenters. The van der Waals surface area contributed by atoms with Crippen LogP contribution in [-0.2, 0) is 5.41 Å². The largest absolute Gasteiger partial charge is 0.368 e. The van der Waals surface area contributed by atoms with Crippen LogP contribution in [0.5, 0.6) is 0 Å². The van der Waals surface area contributed by atoms with Gasteiger partial charge < -0.3 is 11.5 Å². The second-order valence-electron chi connectivity index (χ2n) is 4.80. The standard InChI is InChI=1S/C10H15N5/c11-8-13-7(14-9(12)15-8)10-3-1-6(5-10)2-4-10/h6H,1-5H2,(H4,11,12,13,14,15). The summed E-state index contributed by atoms with van der Waals surface area (Å²) in [7, 11) is 0. The van der Waals surface area contributed by atoms with Crippen LogP contribution in [-0.4, -0.2) is 15.0 Å². The van der Waals surface area contributed by atoms with Gasteiger partial charge in [-0.3, -0.25) is 0 Å². The first-order valence-electron chi connectivity index (χ1n) is 5.45. The number of nitrogens with zero attached hydrogens (tertiary/aromatic N) is 3. The Hall–Kier alpha value is -1.39. The summed E-state index contributed by atoms with van der Waals surface area (Å²) in [6, 6.07) is 0. The highest BCUT2D eigenvalue weighted by atomic mass is 15.1. The van der Waals surface area contributed by atoms with Crippen LogP contribution in [0, 0.1) is 5.92 Å². The summed E-state index contributed by atoms with van der Waals surface area (Å²) in [6.07, 6.45) is 6.16. The summed E-state index contributed by atoms with van der Waals surface area (Å²) < 4.78 is 0. The van der Waals surface area contributed by atoms with Gasteiger partial charge in [-0.25, -0.2) is 0 Å². The predicted molar refractivity (Wildman–Crippen MR) is 56.9 cm³/mol. The van der Waals surface area contributed by atoms with Crippen LogP contribution in [0.2, 0.25) is 0 Å². The van der Waals surface area contributed by atoms with Crippen molar-refractivity contribution in [3.8, 4) is 0 Å². The zero-order valence-corrected chi connectivity index (χ0v) is 8.61. The minimum atomic E-state index is 0.163. The lowest BCUT2D eigenvalue weighted by Crippen LogP contribution is -2.24. The molecule has 0 unspecified atom stereocenters. The van der Waals surface area contributed by atoms with Gasteiger partial charge in [0.15, 0.2) is 0 Å². The zero-order valence-electron chi connectivity index (χ0n) is 8.61. The van der Waals surface area contributed by atoms with Crippen molar-refractivity contribution in [2.75, 3.05) is 11.5 Å². The van der Waals surface area contributed by atoms with E-state index in [1.54, 1.807) is 0 Å². The first-order chi connectivity index (χ1) is 7.18. The Balaban J connectivity index is 2.05. The zero-order chi connectivity index (χ0) is 10.5. The first-order valence-corrected chi connectivity index (χ1v) is 5.45. The topological polar surface area (TPSA) is 90.7 Å². The average Bonchev–Trinajstić information content (AvgIpc) is 2.76. The number of nitrogen functional groups attached to an aromatic ring is 2. The molecule has 1 aromatic rings. The van der Waals surface area contributed by atoms with E-state index in [1.807, 2.05) is 0 Å². The van der Waals surface area contributed by atoms with E-state index >= 15 is 0 Å². The predicted octanol–water partition coefficient (Wildman–Crippen LogP) is 0.868. The lowest BCUT2D eigenvalue weighted by Gasteiger charge is -2.24. The molecule has 5 heteroatoms. The molecular formula is C10H15N5. The van der Waals surface area contributed by atoms with Crippen molar-refractivity contribution >= 4 is 11.9 Å². The van der Waals surface area contributed by atoms with Crippen LogP contribution in [0.1, 0.15) is 37.9 Å². The van der Waals surface area contributed by atoms with Gasteiger partial charge in [0.25, 0.3) is 0 Å². The smallest absolute Gasteiger partial charge is 0.225 e. The third-order valence-electron chi connectivity index (χ3n) is 3.89. The molecule has 3 rings (SSSR count). The second-order valence-corrected chi connectivity index (χ2v) is 4.80. The summed E-state index contributed by atoms with van der Waals surface area (Å²) in [5, 5.41) is 0. The number of aromatic nitrogens is 3. The molecule has 0 aromatic carbocycles. The van der Waals surface area contributed by atoms with Crippen LogP contribution in [0.15, 0.2) is 0 Å². The maximum absolute atomic E-state index is 5.61. The SMILES string of the molecule is Nc1nc(N)nc(C23CCC(CC2)C3)n1. The van der Waals surface area contributed by atoms with Gasteiger partial charge in [0.1, 0.15) is 5.82 Å². The Morgan fingerprint density at radius 1 is 1.00 bits per heavy atom. The van der Waals surface area contributed by atoms with Crippen molar-refractivity contribution in [1.29, 1.82) is 0 Å². The highest BCUT2D eigenvalue weighted by Gasteiger charge is 2.48. The van der Waals surface area contributed by atoms with Crippen molar-refractivity contribution in [2.24, 2.45) is 5.92 Å². The number of anilines is 2. The molecule has 1 aromatic heterocycles. The van der Waals surface area contributed by atoms with E-state index in [0.717, 1.165) is 11.7 Å². The van der Waals surface area contributed by atoms with Gasteiger partial charge in [-0.05, 0) is 38.0 Å². The van der Waals surface area contributed by atoms with E-state index < -0.39 is 0 Å². The summed E-state index contributed by atoms with van der Waals surface area (Å²) in [5.74, 6) is 2.20. The van der Waals surface area contributed by atoms with E-state index in [9.17, 15) is 0 Å². The molecule has 2 fully saturated rings. The molecule has 2 aliphatic rings. The number of nitrogens with two attached hydrogens (primary N) is 2. The van der Waals surface area contributed by atoms with Crippen LogP contribution in [0.3, 0.4) is 0 Å². The Labute approximate surface area is 88.3 Å². The molecule has 2 aliphatic carbocycles. The van der Waals surface area contributed by atoms with E-state index in [-0.39, 0.29) is 17.3 Å². The molecular weight excluding hydrogens is 190 g/mol. The van der Waals surface area contributed by atoms with Crippen molar-refractivity contribution in [1.82, 2.24) is 15.0 Å². The lowest BCUT2D eigenvalue weighted by atomic mass is 9.83.